The number of amides is 1. The Morgan fingerprint density at radius 2 is 1.93 bits per heavy atom. The Hall–Kier alpha value is -2.64. The van der Waals surface area contributed by atoms with Crippen LogP contribution in [0.3, 0.4) is 0 Å². The van der Waals surface area contributed by atoms with Gasteiger partial charge in [-0.3, -0.25) is 9.69 Å². The molecule has 2 heterocycles. The number of anilines is 1. The standard InChI is InChI=1S/C22H24N2O4S/c1-26-17-10-11-18(27-2)21-20(17)23-22(29-21)24(14-16-9-6-12-28-16)19(25)13-15-7-4-3-5-8-15/h3-5,7-8,10-11,16H,6,9,12-14H2,1-2H3. The highest BCUT2D eigenvalue weighted by Gasteiger charge is 2.27. The van der Waals surface area contributed by atoms with E-state index in [0.717, 1.165) is 35.5 Å². The maximum absolute atomic E-state index is 13.3. The first-order valence-corrected chi connectivity index (χ1v) is 10.5. The minimum atomic E-state index is 0.00342. The van der Waals surface area contributed by atoms with E-state index < -0.39 is 0 Å². The first-order chi connectivity index (χ1) is 14.2. The number of methoxy groups -OCH3 is 2. The van der Waals surface area contributed by atoms with Crippen molar-refractivity contribution in [3.63, 3.8) is 0 Å². The summed E-state index contributed by atoms with van der Waals surface area (Å²) in [6, 6.07) is 13.5. The molecule has 4 rings (SSSR count). The maximum atomic E-state index is 13.3. The molecule has 1 aromatic heterocycles. The van der Waals surface area contributed by atoms with E-state index >= 15 is 0 Å². The quantitative estimate of drug-likeness (QED) is 0.585. The molecule has 6 nitrogen and oxygen atoms in total. The molecule has 1 atom stereocenters. The van der Waals surface area contributed by atoms with E-state index in [0.29, 0.717) is 29.4 Å². The van der Waals surface area contributed by atoms with Gasteiger partial charge in [0.25, 0.3) is 0 Å². The van der Waals surface area contributed by atoms with E-state index in [1.54, 1.807) is 19.1 Å². The Morgan fingerprint density at radius 3 is 2.62 bits per heavy atom. The fourth-order valence-electron chi connectivity index (χ4n) is 3.53. The SMILES string of the molecule is COc1ccc(OC)c2sc(N(CC3CCCO3)C(=O)Cc3ccccc3)nc12. The third kappa shape index (κ3) is 4.21. The van der Waals surface area contributed by atoms with Gasteiger partial charge in [0.1, 0.15) is 21.7 Å². The Kier molecular flexibility index (Phi) is 5.97. The normalized spacial score (nSPS) is 16.1. The fourth-order valence-corrected chi connectivity index (χ4v) is 4.64. The number of fused-ring (bicyclic) bond motifs is 1. The maximum Gasteiger partial charge on any atom is 0.233 e. The Balaban J connectivity index is 1.70. The lowest BCUT2D eigenvalue weighted by Crippen LogP contribution is -2.38. The van der Waals surface area contributed by atoms with Gasteiger partial charge in [0.2, 0.25) is 5.91 Å². The van der Waals surface area contributed by atoms with Crippen molar-refractivity contribution in [2.45, 2.75) is 25.4 Å². The molecule has 1 aliphatic heterocycles. The van der Waals surface area contributed by atoms with Crippen LogP contribution in [-0.2, 0) is 16.0 Å². The lowest BCUT2D eigenvalue weighted by atomic mass is 10.1. The highest BCUT2D eigenvalue weighted by molar-refractivity contribution is 7.22. The number of thiazole rings is 1. The number of rotatable bonds is 7. The molecule has 1 fully saturated rings. The Bertz CT molecular complexity index is 942. The number of carbonyl (C=O) groups is 1. The minimum absolute atomic E-state index is 0.00342. The average Bonchev–Trinajstić information content (AvgIpc) is 3.41. The summed E-state index contributed by atoms with van der Waals surface area (Å²) >= 11 is 1.44. The molecule has 0 aliphatic carbocycles. The number of hydrogen-bond acceptors (Lipinski definition) is 6. The molecular weight excluding hydrogens is 388 g/mol. The molecule has 0 bridgehead atoms. The summed E-state index contributed by atoms with van der Waals surface area (Å²) in [6.45, 7) is 1.24. The molecule has 152 valence electrons. The van der Waals surface area contributed by atoms with Crippen LogP contribution in [0.2, 0.25) is 0 Å². The third-order valence-corrected chi connectivity index (χ3v) is 6.13. The zero-order valence-electron chi connectivity index (χ0n) is 16.6. The third-order valence-electron chi connectivity index (χ3n) is 5.04. The Morgan fingerprint density at radius 1 is 1.17 bits per heavy atom. The van der Waals surface area contributed by atoms with Gasteiger partial charge < -0.3 is 14.2 Å². The molecule has 3 aromatic rings. The van der Waals surface area contributed by atoms with Gasteiger partial charge in [-0.15, -0.1) is 0 Å². The average molecular weight is 413 g/mol. The zero-order valence-corrected chi connectivity index (χ0v) is 17.4. The Labute approximate surface area is 174 Å². The topological polar surface area (TPSA) is 60.9 Å². The van der Waals surface area contributed by atoms with Gasteiger partial charge in [-0.25, -0.2) is 4.98 Å². The number of ether oxygens (including phenoxy) is 3. The van der Waals surface area contributed by atoms with Crippen LogP contribution >= 0.6 is 11.3 Å². The summed E-state index contributed by atoms with van der Waals surface area (Å²) in [5.41, 5.74) is 1.68. The molecule has 29 heavy (non-hydrogen) atoms. The van der Waals surface area contributed by atoms with Crippen molar-refractivity contribution in [2.24, 2.45) is 0 Å². The molecule has 1 amide bonds. The van der Waals surface area contributed by atoms with Crippen LogP contribution < -0.4 is 14.4 Å². The van der Waals surface area contributed by atoms with Crippen molar-refractivity contribution in [1.29, 1.82) is 0 Å². The van der Waals surface area contributed by atoms with E-state index in [1.165, 1.54) is 11.3 Å². The lowest BCUT2D eigenvalue weighted by molar-refractivity contribution is -0.118. The molecule has 0 N–H and O–H groups in total. The molecule has 0 spiro atoms. The van der Waals surface area contributed by atoms with Crippen LogP contribution in [0.4, 0.5) is 5.13 Å². The van der Waals surface area contributed by atoms with Gasteiger partial charge in [0.15, 0.2) is 5.13 Å². The number of benzene rings is 2. The van der Waals surface area contributed by atoms with Crippen molar-refractivity contribution >= 4 is 32.6 Å². The fraction of sp³-hybridized carbons (Fsp3) is 0.364. The molecule has 2 aromatic carbocycles. The molecule has 0 saturated carbocycles. The summed E-state index contributed by atoms with van der Waals surface area (Å²) in [5, 5.41) is 0.638. The van der Waals surface area contributed by atoms with Crippen molar-refractivity contribution < 1.29 is 19.0 Å². The van der Waals surface area contributed by atoms with E-state index in [1.807, 2.05) is 42.5 Å². The van der Waals surface area contributed by atoms with Gasteiger partial charge in [0, 0.05) is 6.61 Å². The predicted octanol–water partition coefficient (Wildman–Crippen LogP) is 4.07. The monoisotopic (exact) mass is 412 g/mol. The van der Waals surface area contributed by atoms with Crippen LogP contribution in [0.5, 0.6) is 11.5 Å². The van der Waals surface area contributed by atoms with E-state index in [-0.39, 0.29) is 12.0 Å². The first kappa shape index (κ1) is 19.7. The van der Waals surface area contributed by atoms with Crippen LogP contribution in [0.1, 0.15) is 18.4 Å². The number of hydrogen-bond donors (Lipinski definition) is 0. The molecule has 1 saturated heterocycles. The molecule has 1 unspecified atom stereocenters. The number of aromatic nitrogens is 1. The van der Waals surface area contributed by atoms with Gasteiger partial charge in [0.05, 0.1) is 33.3 Å². The summed E-state index contributed by atoms with van der Waals surface area (Å²) in [6.07, 6.45) is 2.32. The summed E-state index contributed by atoms with van der Waals surface area (Å²) in [5.74, 6) is 1.39. The second-order valence-electron chi connectivity index (χ2n) is 6.95. The predicted molar refractivity (Wildman–Crippen MR) is 114 cm³/mol. The van der Waals surface area contributed by atoms with Crippen molar-refractivity contribution in [3.8, 4) is 11.5 Å². The zero-order chi connectivity index (χ0) is 20.2. The largest absolute Gasteiger partial charge is 0.495 e. The van der Waals surface area contributed by atoms with Crippen molar-refractivity contribution in [2.75, 3.05) is 32.3 Å². The first-order valence-electron chi connectivity index (χ1n) is 9.67. The molecule has 7 heteroatoms. The van der Waals surface area contributed by atoms with Gasteiger partial charge in [-0.05, 0) is 30.5 Å². The highest BCUT2D eigenvalue weighted by atomic mass is 32.1. The second-order valence-corrected chi connectivity index (χ2v) is 7.92. The second kappa shape index (κ2) is 8.80. The summed E-state index contributed by atoms with van der Waals surface area (Å²) in [7, 11) is 3.25. The van der Waals surface area contributed by atoms with Gasteiger partial charge >= 0.3 is 0 Å². The van der Waals surface area contributed by atoms with Crippen LogP contribution in [0.25, 0.3) is 10.2 Å². The van der Waals surface area contributed by atoms with Crippen LogP contribution in [-0.4, -0.2) is 44.4 Å². The van der Waals surface area contributed by atoms with Crippen molar-refractivity contribution in [3.05, 3.63) is 48.0 Å². The van der Waals surface area contributed by atoms with Crippen LogP contribution in [0.15, 0.2) is 42.5 Å². The minimum Gasteiger partial charge on any atom is -0.495 e. The summed E-state index contributed by atoms with van der Waals surface area (Å²) < 4.78 is 17.6. The van der Waals surface area contributed by atoms with E-state index in [4.69, 9.17) is 19.2 Å². The van der Waals surface area contributed by atoms with Gasteiger partial charge in [-0.1, -0.05) is 41.7 Å². The lowest BCUT2D eigenvalue weighted by Gasteiger charge is -2.23. The highest BCUT2D eigenvalue weighted by Crippen LogP contribution is 2.40. The molecular formula is C22H24N2O4S. The molecule has 0 radical (unpaired) electrons. The van der Waals surface area contributed by atoms with Gasteiger partial charge in [-0.2, -0.15) is 0 Å². The number of nitrogens with zero attached hydrogens (tertiary/aromatic N) is 2. The van der Waals surface area contributed by atoms with Crippen molar-refractivity contribution in [1.82, 2.24) is 4.98 Å². The number of carbonyl (C=O) groups excluding carboxylic acids is 1. The van der Waals surface area contributed by atoms with E-state index in [9.17, 15) is 4.79 Å². The molecule has 1 aliphatic rings. The van der Waals surface area contributed by atoms with E-state index in [2.05, 4.69) is 0 Å². The van der Waals surface area contributed by atoms with Crippen LogP contribution in [0, 0.1) is 0 Å². The smallest absolute Gasteiger partial charge is 0.233 e. The summed E-state index contributed by atoms with van der Waals surface area (Å²) in [4.78, 5) is 19.8.